The maximum atomic E-state index is 12.8. The fourth-order valence-electron chi connectivity index (χ4n) is 3.37. The lowest BCUT2D eigenvalue weighted by atomic mass is 10.1. The molecule has 0 bridgehead atoms. The first kappa shape index (κ1) is 17.4. The molecule has 1 saturated heterocycles. The Labute approximate surface area is 157 Å². The Hall–Kier alpha value is -2.97. The molecule has 0 saturated carbocycles. The van der Waals surface area contributed by atoms with E-state index in [-0.39, 0.29) is 18.0 Å². The summed E-state index contributed by atoms with van der Waals surface area (Å²) in [7, 11) is 3.77. The molecule has 0 aliphatic carbocycles. The summed E-state index contributed by atoms with van der Waals surface area (Å²) in [4.78, 5) is 18.4. The van der Waals surface area contributed by atoms with E-state index in [1.165, 1.54) is 0 Å². The quantitative estimate of drug-likeness (QED) is 0.714. The first-order valence-corrected chi connectivity index (χ1v) is 8.85. The lowest BCUT2D eigenvalue weighted by molar-refractivity contribution is -0.132. The Morgan fingerprint density at radius 2 is 2.15 bits per heavy atom. The molecule has 0 spiro atoms. The normalized spacial score (nSPS) is 19.3. The van der Waals surface area contributed by atoms with Crippen molar-refractivity contribution in [3.8, 4) is 11.3 Å². The van der Waals surface area contributed by atoms with Crippen LogP contribution in [0.2, 0.25) is 0 Å². The lowest BCUT2D eigenvalue weighted by Crippen LogP contribution is -2.43. The van der Waals surface area contributed by atoms with Gasteiger partial charge in [0.1, 0.15) is 11.7 Å². The van der Waals surface area contributed by atoms with Crippen molar-refractivity contribution in [2.24, 2.45) is 7.05 Å². The van der Waals surface area contributed by atoms with Gasteiger partial charge in [0, 0.05) is 50.0 Å². The third-order valence-corrected chi connectivity index (χ3v) is 4.85. The predicted molar refractivity (Wildman–Crippen MR) is 99.0 cm³/mol. The molecule has 27 heavy (non-hydrogen) atoms. The molecule has 0 radical (unpaired) electrons. The minimum atomic E-state index is -0.280. The average Bonchev–Trinajstić information content (AvgIpc) is 3.42. The van der Waals surface area contributed by atoms with Crippen molar-refractivity contribution in [2.75, 3.05) is 7.05 Å². The molecule has 140 valence electrons. The van der Waals surface area contributed by atoms with Gasteiger partial charge in [-0.3, -0.25) is 9.78 Å². The van der Waals surface area contributed by atoms with E-state index in [1.54, 1.807) is 24.3 Å². The Morgan fingerprint density at radius 3 is 2.89 bits per heavy atom. The van der Waals surface area contributed by atoms with Crippen LogP contribution >= 0.6 is 0 Å². The predicted octanol–water partition coefficient (Wildman–Crippen LogP) is 1.64. The molecular formula is C19H22N6O2. The maximum absolute atomic E-state index is 12.8. The van der Waals surface area contributed by atoms with Crippen LogP contribution in [0.25, 0.3) is 11.3 Å². The van der Waals surface area contributed by atoms with Gasteiger partial charge in [0.05, 0.1) is 12.6 Å². The Morgan fingerprint density at radius 1 is 1.33 bits per heavy atom. The maximum Gasteiger partial charge on any atom is 0.241 e. The van der Waals surface area contributed by atoms with E-state index in [0.717, 1.165) is 17.0 Å². The summed E-state index contributed by atoms with van der Waals surface area (Å²) in [6, 6.07) is 9.48. The highest BCUT2D eigenvalue weighted by Gasteiger charge is 2.33. The molecule has 3 aromatic heterocycles. The highest BCUT2D eigenvalue weighted by molar-refractivity contribution is 5.82. The third kappa shape index (κ3) is 3.62. The van der Waals surface area contributed by atoms with Gasteiger partial charge in [-0.05, 0) is 30.7 Å². The van der Waals surface area contributed by atoms with Crippen LogP contribution in [0, 0.1) is 0 Å². The fraction of sp³-hybridized carbons (Fsp3) is 0.316. The molecule has 8 nitrogen and oxygen atoms in total. The molecule has 2 atom stereocenters. The van der Waals surface area contributed by atoms with E-state index >= 15 is 0 Å². The SMILES string of the molecule is CN(Cc1cc(-c2ccncc2)no1)C(=O)C1CC(c2cccn2C)NN1. The van der Waals surface area contributed by atoms with Gasteiger partial charge in [-0.25, -0.2) is 10.9 Å². The summed E-state index contributed by atoms with van der Waals surface area (Å²) in [5.41, 5.74) is 9.14. The Kier molecular flexibility index (Phi) is 4.74. The van der Waals surface area contributed by atoms with Crippen LogP contribution in [0.3, 0.4) is 0 Å². The number of amides is 1. The first-order valence-electron chi connectivity index (χ1n) is 8.85. The van der Waals surface area contributed by atoms with Crippen molar-refractivity contribution in [3.63, 3.8) is 0 Å². The molecule has 0 aromatic carbocycles. The van der Waals surface area contributed by atoms with Crippen LogP contribution < -0.4 is 10.9 Å². The summed E-state index contributed by atoms with van der Waals surface area (Å²) in [6.07, 6.45) is 6.12. The van der Waals surface area contributed by atoms with Crippen molar-refractivity contribution >= 4 is 5.91 Å². The molecule has 2 unspecified atom stereocenters. The third-order valence-electron chi connectivity index (χ3n) is 4.85. The summed E-state index contributed by atoms with van der Waals surface area (Å²) in [6.45, 7) is 0.365. The number of aromatic nitrogens is 3. The molecule has 1 amide bonds. The monoisotopic (exact) mass is 366 g/mol. The molecule has 3 aromatic rings. The fourth-order valence-corrected chi connectivity index (χ4v) is 3.37. The number of hydrazine groups is 1. The van der Waals surface area contributed by atoms with Gasteiger partial charge >= 0.3 is 0 Å². The summed E-state index contributed by atoms with van der Waals surface area (Å²) >= 11 is 0. The zero-order valence-electron chi connectivity index (χ0n) is 15.3. The highest BCUT2D eigenvalue weighted by Crippen LogP contribution is 2.24. The van der Waals surface area contributed by atoms with Gasteiger partial charge in [-0.15, -0.1) is 0 Å². The van der Waals surface area contributed by atoms with E-state index in [1.807, 2.05) is 37.5 Å². The highest BCUT2D eigenvalue weighted by atomic mass is 16.5. The average molecular weight is 366 g/mol. The molecule has 1 fully saturated rings. The zero-order valence-corrected chi connectivity index (χ0v) is 15.3. The van der Waals surface area contributed by atoms with Gasteiger partial charge in [0.2, 0.25) is 5.91 Å². The summed E-state index contributed by atoms with van der Waals surface area (Å²) < 4.78 is 7.46. The van der Waals surface area contributed by atoms with Gasteiger partial charge in [-0.1, -0.05) is 5.16 Å². The number of carbonyl (C=O) groups is 1. The van der Waals surface area contributed by atoms with Gasteiger partial charge in [0.15, 0.2) is 5.76 Å². The van der Waals surface area contributed by atoms with E-state index in [4.69, 9.17) is 4.52 Å². The lowest BCUT2D eigenvalue weighted by Gasteiger charge is -2.19. The van der Waals surface area contributed by atoms with Crippen LogP contribution in [0.5, 0.6) is 0 Å². The molecular weight excluding hydrogens is 344 g/mol. The van der Waals surface area contributed by atoms with Crippen LogP contribution in [0.15, 0.2) is 53.4 Å². The molecule has 4 rings (SSSR count). The summed E-state index contributed by atoms with van der Waals surface area (Å²) in [5.74, 6) is 0.656. The number of carbonyl (C=O) groups excluding carboxylic acids is 1. The van der Waals surface area contributed by atoms with E-state index in [2.05, 4.69) is 31.6 Å². The minimum Gasteiger partial charge on any atom is -0.359 e. The van der Waals surface area contributed by atoms with Gasteiger partial charge < -0.3 is 14.0 Å². The number of likely N-dealkylation sites (N-methyl/N-ethyl adjacent to an activating group) is 1. The number of aryl methyl sites for hydroxylation is 1. The van der Waals surface area contributed by atoms with Crippen LogP contribution in [-0.4, -0.2) is 38.6 Å². The second-order valence-corrected chi connectivity index (χ2v) is 6.78. The number of nitrogens with one attached hydrogen (secondary N) is 2. The van der Waals surface area contributed by atoms with Gasteiger partial charge in [0.25, 0.3) is 0 Å². The number of rotatable bonds is 5. The number of nitrogens with zero attached hydrogens (tertiary/aromatic N) is 4. The molecule has 1 aliphatic rings. The summed E-state index contributed by atoms with van der Waals surface area (Å²) in [5, 5.41) is 4.08. The van der Waals surface area contributed by atoms with Crippen molar-refractivity contribution in [1.29, 1.82) is 0 Å². The second kappa shape index (κ2) is 7.34. The van der Waals surface area contributed by atoms with Crippen LogP contribution in [-0.2, 0) is 18.4 Å². The molecule has 2 N–H and O–H groups in total. The first-order chi connectivity index (χ1) is 13.1. The number of pyridine rings is 1. The van der Waals surface area contributed by atoms with E-state index < -0.39 is 0 Å². The molecule has 8 heteroatoms. The minimum absolute atomic E-state index is 0.0149. The topological polar surface area (TPSA) is 88.2 Å². The number of hydrogen-bond donors (Lipinski definition) is 2. The van der Waals surface area contributed by atoms with Crippen LogP contribution in [0.1, 0.15) is 23.9 Å². The van der Waals surface area contributed by atoms with Crippen molar-refractivity contribution in [1.82, 2.24) is 30.5 Å². The second-order valence-electron chi connectivity index (χ2n) is 6.78. The van der Waals surface area contributed by atoms with Crippen molar-refractivity contribution < 1.29 is 9.32 Å². The van der Waals surface area contributed by atoms with E-state index in [0.29, 0.717) is 18.7 Å². The number of hydrogen-bond acceptors (Lipinski definition) is 6. The standard InChI is InChI=1S/C19H22N6O2/c1-24-9-3-4-18(24)16-11-17(22-21-16)19(26)25(2)12-14-10-15(23-27-14)13-5-7-20-8-6-13/h3-10,16-17,21-22H,11-12H2,1-2H3. The Balaban J connectivity index is 1.37. The molecule has 1 aliphatic heterocycles. The zero-order chi connectivity index (χ0) is 18.8. The smallest absolute Gasteiger partial charge is 0.241 e. The van der Waals surface area contributed by atoms with Crippen molar-refractivity contribution in [2.45, 2.75) is 25.0 Å². The van der Waals surface area contributed by atoms with Gasteiger partial charge in [-0.2, -0.15) is 0 Å². The van der Waals surface area contributed by atoms with Crippen LogP contribution in [0.4, 0.5) is 0 Å². The molecule has 4 heterocycles. The van der Waals surface area contributed by atoms with E-state index in [9.17, 15) is 4.79 Å². The largest absolute Gasteiger partial charge is 0.359 e. The van der Waals surface area contributed by atoms with Crippen molar-refractivity contribution in [3.05, 3.63) is 60.4 Å². The Bertz CT molecular complexity index is 919.